The third kappa shape index (κ3) is 3.25. The SMILES string of the molecule is Nc1ccccc1Oc1ccc2c(c1)Cc1cc(Oc3ccccc3N)ccc1-2. The number of fused-ring (bicyclic) bond motifs is 3. The fraction of sp³-hybridized carbons (Fsp3) is 0.0400. The Kier molecular flexibility index (Phi) is 4.10. The fourth-order valence-corrected chi connectivity index (χ4v) is 3.69. The van der Waals surface area contributed by atoms with Crippen LogP contribution in [0.2, 0.25) is 0 Å². The molecule has 0 amide bonds. The van der Waals surface area contributed by atoms with Crippen LogP contribution in [0.1, 0.15) is 11.1 Å². The van der Waals surface area contributed by atoms with Crippen LogP contribution in [0, 0.1) is 0 Å². The highest BCUT2D eigenvalue weighted by molar-refractivity contribution is 5.78. The van der Waals surface area contributed by atoms with Gasteiger partial charge >= 0.3 is 0 Å². The molecule has 0 heterocycles. The number of anilines is 2. The zero-order valence-corrected chi connectivity index (χ0v) is 15.8. The van der Waals surface area contributed by atoms with Crippen molar-refractivity contribution in [2.45, 2.75) is 6.42 Å². The maximum atomic E-state index is 5.99. The summed E-state index contributed by atoms with van der Waals surface area (Å²) in [5.74, 6) is 2.89. The van der Waals surface area contributed by atoms with E-state index in [1.807, 2.05) is 60.7 Å². The summed E-state index contributed by atoms with van der Waals surface area (Å²) in [6, 6.07) is 27.3. The molecule has 5 rings (SSSR count). The Balaban J connectivity index is 1.40. The zero-order chi connectivity index (χ0) is 19.8. The highest BCUT2D eigenvalue weighted by Crippen LogP contribution is 2.41. The summed E-state index contributed by atoms with van der Waals surface area (Å²) >= 11 is 0. The summed E-state index contributed by atoms with van der Waals surface area (Å²) in [6.07, 6.45) is 0.827. The van der Waals surface area contributed by atoms with Crippen molar-refractivity contribution in [1.82, 2.24) is 0 Å². The topological polar surface area (TPSA) is 70.5 Å². The molecule has 0 atom stereocenters. The first-order valence-electron chi connectivity index (χ1n) is 9.48. The van der Waals surface area contributed by atoms with E-state index >= 15 is 0 Å². The van der Waals surface area contributed by atoms with Gasteiger partial charge in [0, 0.05) is 0 Å². The van der Waals surface area contributed by atoms with Crippen LogP contribution in [0.25, 0.3) is 11.1 Å². The molecule has 1 aliphatic rings. The number of benzene rings is 4. The lowest BCUT2D eigenvalue weighted by Crippen LogP contribution is -1.92. The van der Waals surface area contributed by atoms with E-state index in [0.29, 0.717) is 22.9 Å². The molecule has 0 radical (unpaired) electrons. The molecule has 4 aromatic rings. The van der Waals surface area contributed by atoms with Crippen molar-refractivity contribution >= 4 is 11.4 Å². The summed E-state index contributed by atoms with van der Waals surface area (Å²) in [5, 5.41) is 0. The minimum Gasteiger partial charge on any atom is -0.455 e. The summed E-state index contributed by atoms with van der Waals surface area (Å²) in [7, 11) is 0. The van der Waals surface area contributed by atoms with Crippen molar-refractivity contribution in [3.63, 3.8) is 0 Å². The van der Waals surface area contributed by atoms with E-state index in [4.69, 9.17) is 20.9 Å². The van der Waals surface area contributed by atoms with Crippen molar-refractivity contribution in [3.05, 3.63) is 96.1 Å². The van der Waals surface area contributed by atoms with Crippen LogP contribution in [0.4, 0.5) is 11.4 Å². The number of hydrogen-bond acceptors (Lipinski definition) is 4. The molecule has 29 heavy (non-hydrogen) atoms. The molecule has 4 heteroatoms. The van der Waals surface area contributed by atoms with Gasteiger partial charge in [0.25, 0.3) is 0 Å². The number of para-hydroxylation sites is 4. The van der Waals surface area contributed by atoms with E-state index in [1.165, 1.54) is 22.3 Å². The van der Waals surface area contributed by atoms with Crippen LogP contribution in [-0.4, -0.2) is 0 Å². The molecule has 0 spiro atoms. The Morgan fingerprint density at radius 1 is 0.552 bits per heavy atom. The highest BCUT2D eigenvalue weighted by atomic mass is 16.5. The molecule has 0 saturated heterocycles. The van der Waals surface area contributed by atoms with Gasteiger partial charge in [0.15, 0.2) is 0 Å². The quantitative estimate of drug-likeness (QED) is 0.375. The number of rotatable bonds is 4. The Morgan fingerprint density at radius 3 is 1.45 bits per heavy atom. The largest absolute Gasteiger partial charge is 0.455 e. The molecule has 0 fully saturated rings. The standard InChI is InChI=1S/C25H20N2O2/c26-22-5-1-3-7-24(22)28-18-9-11-20-16(14-18)13-17-15-19(10-12-21(17)20)29-25-8-4-2-6-23(25)27/h1-12,14-15H,13,26-27H2. The van der Waals surface area contributed by atoms with E-state index in [-0.39, 0.29) is 0 Å². The van der Waals surface area contributed by atoms with Gasteiger partial charge in [-0.3, -0.25) is 0 Å². The molecule has 0 unspecified atom stereocenters. The maximum absolute atomic E-state index is 5.99. The Morgan fingerprint density at radius 2 is 1.00 bits per heavy atom. The first-order valence-corrected chi connectivity index (χ1v) is 9.48. The lowest BCUT2D eigenvalue weighted by Gasteiger charge is -2.10. The average Bonchev–Trinajstić information content (AvgIpc) is 3.08. The third-order valence-corrected chi connectivity index (χ3v) is 5.12. The molecule has 0 aliphatic heterocycles. The van der Waals surface area contributed by atoms with Gasteiger partial charge in [0.1, 0.15) is 23.0 Å². The van der Waals surface area contributed by atoms with Crippen molar-refractivity contribution in [2.24, 2.45) is 0 Å². The Labute approximate surface area is 169 Å². The number of hydrogen-bond donors (Lipinski definition) is 2. The Hall–Kier alpha value is -3.92. The third-order valence-electron chi connectivity index (χ3n) is 5.12. The van der Waals surface area contributed by atoms with E-state index < -0.39 is 0 Å². The summed E-state index contributed by atoms with van der Waals surface area (Å²) < 4.78 is 12.0. The molecule has 4 nitrogen and oxygen atoms in total. The normalized spacial score (nSPS) is 11.6. The van der Waals surface area contributed by atoms with Gasteiger partial charge in [-0.1, -0.05) is 36.4 Å². The molecule has 0 saturated carbocycles. The second kappa shape index (κ2) is 6.91. The zero-order valence-electron chi connectivity index (χ0n) is 15.8. The first kappa shape index (κ1) is 17.2. The molecule has 0 aromatic heterocycles. The van der Waals surface area contributed by atoms with Gasteiger partial charge in [0.2, 0.25) is 0 Å². The van der Waals surface area contributed by atoms with E-state index in [9.17, 15) is 0 Å². The van der Waals surface area contributed by atoms with E-state index in [0.717, 1.165) is 17.9 Å². The maximum Gasteiger partial charge on any atom is 0.150 e. The second-order valence-electron chi connectivity index (χ2n) is 7.09. The van der Waals surface area contributed by atoms with Crippen molar-refractivity contribution in [3.8, 4) is 34.1 Å². The van der Waals surface area contributed by atoms with Crippen molar-refractivity contribution in [1.29, 1.82) is 0 Å². The Bertz CT molecular complexity index is 1120. The summed E-state index contributed by atoms with van der Waals surface area (Å²) in [4.78, 5) is 0. The minimum absolute atomic E-state index is 0.623. The summed E-state index contributed by atoms with van der Waals surface area (Å²) in [5.41, 5.74) is 18.1. The van der Waals surface area contributed by atoms with Gasteiger partial charge in [-0.2, -0.15) is 0 Å². The van der Waals surface area contributed by atoms with Gasteiger partial charge in [0.05, 0.1) is 11.4 Å². The predicted octanol–water partition coefficient (Wildman–Crippen LogP) is 6.01. The van der Waals surface area contributed by atoms with Crippen LogP contribution in [0.15, 0.2) is 84.9 Å². The number of nitrogens with two attached hydrogens (primary N) is 2. The van der Waals surface area contributed by atoms with Gasteiger partial charge in [-0.25, -0.2) is 0 Å². The fourth-order valence-electron chi connectivity index (χ4n) is 3.69. The smallest absolute Gasteiger partial charge is 0.150 e. The monoisotopic (exact) mass is 380 g/mol. The molecule has 4 N–H and O–H groups in total. The molecule has 142 valence electrons. The lowest BCUT2D eigenvalue weighted by atomic mass is 10.1. The molecule has 0 bridgehead atoms. The van der Waals surface area contributed by atoms with Gasteiger partial charge < -0.3 is 20.9 Å². The van der Waals surface area contributed by atoms with Crippen LogP contribution in [0.3, 0.4) is 0 Å². The van der Waals surface area contributed by atoms with Crippen molar-refractivity contribution in [2.75, 3.05) is 11.5 Å². The lowest BCUT2D eigenvalue weighted by molar-refractivity contribution is 0.484. The first-order chi connectivity index (χ1) is 14.2. The number of nitrogen functional groups attached to an aromatic ring is 2. The van der Waals surface area contributed by atoms with Crippen LogP contribution in [-0.2, 0) is 6.42 Å². The van der Waals surface area contributed by atoms with Crippen LogP contribution in [0.5, 0.6) is 23.0 Å². The molecule has 1 aliphatic carbocycles. The minimum atomic E-state index is 0.623. The predicted molar refractivity (Wildman–Crippen MR) is 117 cm³/mol. The molecular weight excluding hydrogens is 360 g/mol. The number of ether oxygens (including phenoxy) is 2. The van der Waals surface area contributed by atoms with Crippen LogP contribution < -0.4 is 20.9 Å². The summed E-state index contributed by atoms with van der Waals surface area (Å²) in [6.45, 7) is 0. The van der Waals surface area contributed by atoms with Gasteiger partial charge in [-0.15, -0.1) is 0 Å². The molecule has 4 aromatic carbocycles. The average molecular weight is 380 g/mol. The molecular formula is C25H20N2O2. The van der Waals surface area contributed by atoms with Crippen molar-refractivity contribution < 1.29 is 9.47 Å². The second-order valence-corrected chi connectivity index (χ2v) is 7.09. The van der Waals surface area contributed by atoms with Gasteiger partial charge in [-0.05, 0) is 77.2 Å². The van der Waals surface area contributed by atoms with Crippen LogP contribution >= 0.6 is 0 Å². The highest BCUT2D eigenvalue weighted by Gasteiger charge is 2.20. The van der Waals surface area contributed by atoms with E-state index in [1.54, 1.807) is 0 Å². The van der Waals surface area contributed by atoms with E-state index in [2.05, 4.69) is 24.3 Å².